The first-order valence-corrected chi connectivity index (χ1v) is 7.55. The normalized spacial score (nSPS) is 13.9. The van der Waals surface area contributed by atoms with Gasteiger partial charge in [-0.05, 0) is 18.6 Å². The highest BCUT2D eigenvalue weighted by Gasteiger charge is 2.26. The third kappa shape index (κ3) is 3.25. The Labute approximate surface area is 135 Å². The zero-order valence-corrected chi connectivity index (χ0v) is 13.4. The van der Waals surface area contributed by atoms with Gasteiger partial charge in [-0.1, -0.05) is 30.3 Å². The van der Waals surface area contributed by atoms with Gasteiger partial charge in [-0.25, -0.2) is 0 Å². The van der Waals surface area contributed by atoms with Crippen LogP contribution >= 0.6 is 0 Å². The Kier molecular flexibility index (Phi) is 4.69. The van der Waals surface area contributed by atoms with Crippen LogP contribution in [0.2, 0.25) is 0 Å². The average molecular weight is 315 g/mol. The minimum atomic E-state index is -0.316. The van der Waals surface area contributed by atoms with E-state index in [-0.39, 0.29) is 12.8 Å². The molecule has 0 aliphatic carbocycles. The molecule has 0 amide bonds. The summed E-state index contributed by atoms with van der Waals surface area (Å²) in [5.74, 6) is 2.14. The smallest absolute Gasteiger partial charge is 0.231 e. The fraction of sp³-hybridized carbons (Fsp3) is 0.333. The molecule has 0 bridgehead atoms. The minimum Gasteiger partial charge on any atom is -0.496 e. The summed E-state index contributed by atoms with van der Waals surface area (Å²) in [5.41, 5.74) is 9.16. The van der Waals surface area contributed by atoms with Gasteiger partial charge in [0, 0.05) is 11.1 Å². The van der Waals surface area contributed by atoms with Crippen molar-refractivity contribution >= 4 is 0 Å². The highest BCUT2D eigenvalue weighted by molar-refractivity contribution is 5.59. The molecule has 2 aromatic carbocycles. The molecule has 23 heavy (non-hydrogen) atoms. The quantitative estimate of drug-likeness (QED) is 0.888. The molecule has 0 spiro atoms. The third-order valence-electron chi connectivity index (χ3n) is 3.90. The number of ether oxygens (including phenoxy) is 4. The summed E-state index contributed by atoms with van der Waals surface area (Å²) in [6, 6.07) is 11.6. The SMILES string of the molecule is COc1cc(C(N)COCc2ccccc2)c2c(c1C)OCO2. The number of methoxy groups -OCH3 is 1. The van der Waals surface area contributed by atoms with Crippen molar-refractivity contribution in [2.24, 2.45) is 5.73 Å². The maximum absolute atomic E-state index is 6.29. The molecular formula is C18H21NO4. The predicted molar refractivity (Wildman–Crippen MR) is 86.9 cm³/mol. The summed E-state index contributed by atoms with van der Waals surface area (Å²) >= 11 is 0. The molecule has 0 saturated heterocycles. The Balaban J connectivity index is 1.72. The Morgan fingerprint density at radius 3 is 2.65 bits per heavy atom. The summed E-state index contributed by atoms with van der Waals surface area (Å²) in [6.07, 6.45) is 0. The lowest BCUT2D eigenvalue weighted by Crippen LogP contribution is -2.18. The molecule has 3 rings (SSSR count). The van der Waals surface area contributed by atoms with E-state index in [1.54, 1.807) is 7.11 Å². The molecule has 1 atom stereocenters. The van der Waals surface area contributed by atoms with E-state index < -0.39 is 0 Å². The lowest BCUT2D eigenvalue weighted by Gasteiger charge is -2.17. The molecule has 0 aromatic heterocycles. The number of hydrogen-bond acceptors (Lipinski definition) is 5. The molecule has 1 aliphatic heterocycles. The zero-order valence-electron chi connectivity index (χ0n) is 13.4. The van der Waals surface area contributed by atoms with Crippen LogP contribution in [-0.2, 0) is 11.3 Å². The molecule has 0 saturated carbocycles. The van der Waals surface area contributed by atoms with Crippen LogP contribution in [0.1, 0.15) is 22.7 Å². The van der Waals surface area contributed by atoms with E-state index in [1.165, 1.54) is 0 Å². The summed E-state index contributed by atoms with van der Waals surface area (Å²) in [5, 5.41) is 0. The highest BCUT2D eigenvalue weighted by Crippen LogP contribution is 2.45. The maximum Gasteiger partial charge on any atom is 0.231 e. The van der Waals surface area contributed by atoms with Crippen LogP contribution in [0, 0.1) is 6.92 Å². The largest absolute Gasteiger partial charge is 0.496 e. The van der Waals surface area contributed by atoms with Gasteiger partial charge in [-0.15, -0.1) is 0 Å². The minimum absolute atomic E-state index is 0.202. The van der Waals surface area contributed by atoms with Gasteiger partial charge < -0.3 is 24.7 Å². The summed E-state index contributed by atoms with van der Waals surface area (Å²) in [7, 11) is 1.63. The summed E-state index contributed by atoms with van der Waals surface area (Å²) in [6.45, 7) is 3.05. The van der Waals surface area contributed by atoms with Crippen LogP contribution in [0.5, 0.6) is 17.2 Å². The standard InChI is InChI=1S/C18H21NO4/c1-12-16(20-2)8-14(18-17(12)22-11-23-18)15(19)10-21-9-13-6-4-3-5-7-13/h3-8,15H,9-11,19H2,1-2H3. The molecular weight excluding hydrogens is 294 g/mol. The molecule has 0 radical (unpaired) electrons. The van der Waals surface area contributed by atoms with Crippen LogP contribution in [0.25, 0.3) is 0 Å². The molecule has 122 valence electrons. The van der Waals surface area contributed by atoms with Crippen LogP contribution in [0.4, 0.5) is 0 Å². The average Bonchev–Trinajstić information content (AvgIpc) is 3.06. The Bertz CT molecular complexity index is 672. The van der Waals surface area contributed by atoms with E-state index in [2.05, 4.69) is 0 Å². The zero-order chi connectivity index (χ0) is 16.2. The number of hydrogen-bond donors (Lipinski definition) is 1. The van der Waals surface area contributed by atoms with Crippen LogP contribution in [0.15, 0.2) is 36.4 Å². The fourth-order valence-corrected chi connectivity index (χ4v) is 2.65. The van der Waals surface area contributed by atoms with Gasteiger partial charge in [0.05, 0.1) is 26.4 Å². The van der Waals surface area contributed by atoms with Crippen molar-refractivity contribution in [3.63, 3.8) is 0 Å². The van der Waals surface area contributed by atoms with Gasteiger partial charge in [0.25, 0.3) is 0 Å². The van der Waals surface area contributed by atoms with Crippen LogP contribution in [-0.4, -0.2) is 20.5 Å². The summed E-state index contributed by atoms with van der Waals surface area (Å²) < 4.78 is 22.3. The van der Waals surface area contributed by atoms with E-state index >= 15 is 0 Å². The molecule has 5 nitrogen and oxygen atoms in total. The topological polar surface area (TPSA) is 62.9 Å². The molecule has 0 fully saturated rings. The van der Waals surface area contributed by atoms with Crippen LogP contribution < -0.4 is 19.9 Å². The second kappa shape index (κ2) is 6.89. The van der Waals surface area contributed by atoms with E-state index in [4.69, 9.17) is 24.7 Å². The second-order valence-electron chi connectivity index (χ2n) is 5.47. The number of nitrogens with two attached hydrogens (primary N) is 1. The second-order valence-corrected chi connectivity index (χ2v) is 5.47. The molecule has 2 aromatic rings. The third-order valence-corrected chi connectivity index (χ3v) is 3.90. The number of benzene rings is 2. The lowest BCUT2D eigenvalue weighted by atomic mass is 10.0. The number of rotatable bonds is 6. The first-order chi connectivity index (χ1) is 11.2. The van der Waals surface area contributed by atoms with Gasteiger partial charge in [-0.2, -0.15) is 0 Å². The Morgan fingerprint density at radius 1 is 1.17 bits per heavy atom. The van der Waals surface area contributed by atoms with Crippen LogP contribution in [0.3, 0.4) is 0 Å². The van der Waals surface area contributed by atoms with Crippen molar-refractivity contribution in [2.45, 2.75) is 19.6 Å². The summed E-state index contributed by atoms with van der Waals surface area (Å²) in [4.78, 5) is 0. The molecule has 5 heteroatoms. The van der Waals surface area contributed by atoms with Crippen molar-refractivity contribution in [1.29, 1.82) is 0 Å². The van der Waals surface area contributed by atoms with E-state index in [9.17, 15) is 0 Å². The molecule has 1 aliphatic rings. The highest BCUT2D eigenvalue weighted by atomic mass is 16.7. The lowest BCUT2D eigenvalue weighted by molar-refractivity contribution is 0.107. The van der Waals surface area contributed by atoms with Gasteiger partial charge in [0.2, 0.25) is 6.79 Å². The van der Waals surface area contributed by atoms with E-state index in [1.807, 2.05) is 43.3 Å². The van der Waals surface area contributed by atoms with Gasteiger partial charge in [0.1, 0.15) is 5.75 Å². The van der Waals surface area contributed by atoms with E-state index in [0.29, 0.717) is 24.7 Å². The molecule has 1 unspecified atom stereocenters. The first-order valence-electron chi connectivity index (χ1n) is 7.55. The molecule has 2 N–H and O–H groups in total. The van der Waals surface area contributed by atoms with Crippen molar-refractivity contribution in [2.75, 3.05) is 20.5 Å². The van der Waals surface area contributed by atoms with Crippen molar-refractivity contribution in [3.8, 4) is 17.2 Å². The van der Waals surface area contributed by atoms with Gasteiger partial charge >= 0.3 is 0 Å². The van der Waals surface area contributed by atoms with Crippen molar-refractivity contribution < 1.29 is 18.9 Å². The van der Waals surface area contributed by atoms with Gasteiger partial charge in [-0.3, -0.25) is 0 Å². The Morgan fingerprint density at radius 2 is 1.91 bits per heavy atom. The van der Waals surface area contributed by atoms with Gasteiger partial charge in [0.15, 0.2) is 11.5 Å². The molecule has 1 heterocycles. The van der Waals surface area contributed by atoms with Crippen molar-refractivity contribution in [3.05, 3.63) is 53.1 Å². The first kappa shape index (κ1) is 15.6. The maximum atomic E-state index is 6.29. The predicted octanol–water partition coefficient (Wildman–Crippen LogP) is 2.95. The number of fused-ring (bicyclic) bond motifs is 1. The Hall–Kier alpha value is -2.24. The van der Waals surface area contributed by atoms with E-state index in [0.717, 1.165) is 22.4 Å². The monoisotopic (exact) mass is 315 g/mol. The fourth-order valence-electron chi connectivity index (χ4n) is 2.65. The van der Waals surface area contributed by atoms with Crippen molar-refractivity contribution in [1.82, 2.24) is 0 Å².